The number of benzene rings is 1. The smallest absolute Gasteiger partial charge is 0.332 e. The minimum absolute atomic E-state index is 0.128. The Hall–Kier alpha value is -2.42. The van der Waals surface area contributed by atoms with E-state index in [1.54, 1.807) is 17.5 Å². The fraction of sp³-hybridized carbons (Fsp3) is 0.278. The van der Waals surface area contributed by atoms with Crippen LogP contribution in [0.25, 0.3) is 10.2 Å². The van der Waals surface area contributed by atoms with Crippen molar-refractivity contribution in [3.8, 4) is 0 Å². The Labute approximate surface area is 163 Å². The van der Waals surface area contributed by atoms with Crippen molar-refractivity contribution < 1.29 is 9.53 Å². The standard InChI is InChI=1S/C18H18ClN3O4S/c1-26-8-7-21-17(24)16-14(6-9-27-16)22(18(21)25)11-15(23)20-10-12-4-2-3-5-13(12)19/h2-6,9H,7-8,10-11H2,1H3,(H,20,23). The molecule has 1 N–H and O–H groups in total. The third-order valence-electron chi connectivity index (χ3n) is 4.09. The molecular weight excluding hydrogens is 390 g/mol. The van der Waals surface area contributed by atoms with E-state index in [-0.39, 0.29) is 37.7 Å². The average molecular weight is 408 g/mol. The number of methoxy groups -OCH3 is 1. The Balaban J connectivity index is 1.86. The highest BCUT2D eigenvalue weighted by molar-refractivity contribution is 7.17. The van der Waals surface area contributed by atoms with Gasteiger partial charge in [0.25, 0.3) is 5.56 Å². The number of fused-ring (bicyclic) bond motifs is 1. The Morgan fingerprint density at radius 3 is 2.74 bits per heavy atom. The predicted octanol–water partition coefficient (Wildman–Crippen LogP) is 1.84. The van der Waals surface area contributed by atoms with Crippen molar-refractivity contribution in [1.29, 1.82) is 0 Å². The topological polar surface area (TPSA) is 82.3 Å². The van der Waals surface area contributed by atoms with Gasteiger partial charge in [0.1, 0.15) is 11.2 Å². The van der Waals surface area contributed by atoms with Crippen LogP contribution >= 0.6 is 22.9 Å². The van der Waals surface area contributed by atoms with E-state index in [4.69, 9.17) is 16.3 Å². The zero-order chi connectivity index (χ0) is 19.4. The molecule has 0 fully saturated rings. The van der Waals surface area contributed by atoms with Crippen LogP contribution in [-0.4, -0.2) is 28.8 Å². The summed E-state index contributed by atoms with van der Waals surface area (Å²) >= 11 is 7.33. The molecule has 27 heavy (non-hydrogen) atoms. The number of carbonyl (C=O) groups excluding carboxylic acids is 1. The predicted molar refractivity (Wildman–Crippen MR) is 106 cm³/mol. The van der Waals surface area contributed by atoms with Crippen molar-refractivity contribution >= 4 is 39.1 Å². The number of aromatic nitrogens is 2. The summed E-state index contributed by atoms with van der Waals surface area (Å²) in [5.41, 5.74) is 0.341. The molecule has 0 radical (unpaired) electrons. The van der Waals surface area contributed by atoms with Crippen LogP contribution in [0.5, 0.6) is 0 Å². The normalized spacial score (nSPS) is 11.0. The molecule has 1 aromatic carbocycles. The van der Waals surface area contributed by atoms with E-state index >= 15 is 0 Å². The van der Waals surface area contributed by atoms with Crippen molar-refractivity contribution in [2.75, 3.05) is 13.7 Å². The molecule has 0 spiro atoms. The van der Waals surface area contributed by atoms with Crippen LogP contribution in [0.2, 0.25) is 5.02 Å². The molecule has 0 atom stereocenters. The second-order valence-electron chi connectivity index (χ2n) is 5.82. The quantitative estimate of drug-likeness (QED) is 0.648. The molecule has 1 amide bonds. The zero-order valence-electron chi connectivity index (χ0n) is 14.6. The molecule has 3 aromatic rings. The van der Waals surface area contributed by atoms with E-state index in [0.29, 0.717) is 15.2 Å². The first-order chi connectivity index (χ1) is 13.0. The van der Waals surface area contributed by atoms with Gasteiger partial charge in [0.2, 0.25) is 5.91 Å². The number of ether oxygens (including phenoxy) is 1. The largest absolute Gasteiger partial charge is 0.383 e. The first kappa shape index (κ1) is 19.3. The van der Waals surface area contributed by atoms with Crippen LogP contribution in [0.3, 0.4) is 0 Å². The molecule has 7 nitrogen and oxygen atoms in total. The molecule has 0 bridgehead atoms. The van der Waals surface area contributed by atoms with Crippen molar-refractivity contribution in [2.24, 2.45) is 0 Å². The van der Waals surface area contributed by atoms with Gasteiger partial charge in [-0.05, 0) is 23.1 Å². The van der Waals surface area contributed by atoms with Gasteiger partial charge in [-0.1, -0.05) is 29.8 Å². The summed E-state index contributed by atoms with van der Waals surface area (Å²) in [4.78, 5) is 37.6. The molecular formula is C18H18ClN3O4S. The van der Waals surface area contributed by atoms with Gasteiger partial charge in [-0.15, -0.1) is 11.3 Å². The number of hydrogen-bond acceptors (Lipinski definition) is 5. The number of hydrogen-bond donors (Lipinski definition) is 1. The van der Waals surface area contributed by atoms with E-state index < -0.39 is 5.69 Å². The lowest BCUT2D eigenvalue weighted by molar-refractivity contribution is -0.121. The fourth-order valence-electron chi connectivity index (χ4n) is 2.70. The van der Waals surface area contributed by atoms with Gasteiger partial charge in [0, 0.05) is 18.7 Å². The summed E-state index contributed by atoms with van der Waals surface area (Å²) in [5.74, 6) is -0.346. The van der Waals surface area contributed by atoms with Gasteiger partial charge in [0.15, 0.2) is 0 Å². The lowest BCUT2D eigenvalue weighted by Gasteiger charge is -2.12. The summed E-state index contributed by atoms with van der Waals surface area (Å²) in [5, 5.41) is 5.04. The molecule has 0 aliphatic heterocycles. The van der Waals surface area contributed by atoms with E-state index in [1.165, 1.54) is 23.0 Å². The van der Waals surface area contributed by atoms with Crippen molar-refractivity contribution in [2.45, 2.75) is 19.6 Å². The van der Waals surface area contributed by atoms with Gasteiger partial charge in [-0.3, -0.25) is 18.7 Å². The van der Waals surface area contributed by atoms with Crippen LogP contribution < -0.4 is 16.6 Å². The highest BCUT2D eigenvalue weighted by atomic mass is 35.5. The van der Waals surface area contributed by atoms with Crippen molar-refractivity contribution in [1.82, 2.24) is 14.5 Å². The maximum Gasteiger partial charge on any atom is 0.332 e. The molecule has 2 aromatic heterocycles. The summed E-state index contributed by atoms with van der Waals surface area (Å²) in [6.45, 7) is 0.418. The molecule has 0 saturated carbocycles. The molecule has 2 heterocycles. The number of halogens is 1. The second-order valence-corrected chi connectivity index (χ2v) is 7.14. The van der Waals surface area contributed by atoms with Gasteiger partial charge in [-0.25, -0.2) is 4.79 Å². The van der Waals surface area contributed by atoms with Crippen LogP contribution in [0.15, 0.2) is 45.3 Å². The second kappa shape index (κ2) is 8.51. The van der Waals surface area contributed by atoms with Crippen LogP contribution in [0, 0.1) is 0 Å². The van der Waals surface area contributed by atoms with Crippen LogP contribution in [0.4, 0.5) is 0 Å². The number of amides is 1. The highest BCUT2D eigenvalue weighted by Crippen LogP contribution is 2.16. The van der Waals surface area contributed by atoms with E-state index in [0.717, 1.165) is 10.1 Å². The highest BCUT2D eigenvalue weighted by Gasteiger charge is 2.16. The molecule has 9 heteroatoms. The molecule has 0 saturated heterocycles. The van der Waals surface area contributed by atoms with Crippen LogP contribution in [-0.2, 0) is 29.2 Å². The number of thiophene rings is 1. The first-order valence-electron chi connectivity index (χ1n) is 8.23. The number of carbonyl (C=O) groups is 1. The summed E-state index contributed by atoms with van der Waals surface area (Å²) in [6, 6.07) is 8.87. The third kappa shape index (κ3) is 4.13. The summed E-state index contributed by atoms with van der Waals surface area (Å²) < 4.78 is 7.82. The number of nitrogens with one attached hydrogen (secondary N) is 1. The van der Waals surface area contributed by atoms with Crippen LogP contribution in [0.1, 0.15) is 5.56 Å². The van der Waals surface area contributed by atoms with Gasteiger partial charge < -0.3 is 10.1 Å². The first-order valence-corrected chi connectivity index (χ1v) is 9.48. The lowest BCUT2D eigenvalue weighted by atomic mass is 10.2. The minimum atomic E-state index is -0.532. The maximum absolute atomic E-state index is 12.7. The average Bonchev–Trinajstić information content (AvgIpc) is 3.14. The van der Waals surface area contributed by atoms with E-state index in [9.17, 15) is 14.4 Å². The molecule has 0 unspecified atom stereocenters. The van der Waals surface area contributed by atoms with Gasteiger partial charge in [-0.2, -0.15) is 0 Å². The van der Waals surface area contributed by atoms with E-state index in [1.807, 2.05) is 18.2 Å². The van der Waals surface area contributed by atoms with Gasteiger partial charge >= 0.3 is 5.69 Å². The molecule has 0 aliphatic rings. The Kier molecular flexibility index (Phi) is 6.10. The number of rotatable bonds is 7. The molecule has 142 valence electrons. The Morgan fingerprint density at radius 2 is 2.00 bits per heavy atom. The maximum atomic E-state index is 12.7. The fourth-order valence-corrected chi connectivity index (χ4v) is 3.75. The van der Waals surface area contributed by atoms with Crippen molar-refractivity contribution in [3.63, 3.8) is 0 Å². The zero-order valence-corrected chi connectivity index (χ0v) is 16.2. The van der Waals surface area contributed by atoms with E-state index in [2.05, 4.69) is 5.32 Å². The lowest BCUT2D eigenvalue weighted by Crippen LogP contribution is -2.42. The molecule has 3 rings (SSSR count). The van der Waals surface area contributed by atoms with Gasteiger partial charge in [0.05, 0.1) is 18.7 Å². The Morgan fingerprint density at radius 1 is 1.22 bits per heavy atom. The third-order valence-corrected chi connectivity index (χ3v) is 5.35. The molecule has 0 aliphatic carbocycles. The van der Waals surface area contributed by atoms with Crippen molar-refractivity contribution in [3.05, 3.63) is 67.1 Å². The Bertz CT molecular complexity index is 1090. The monoisotopic (exact) mass is 407 g/mol. The number of nitrogens with zero attached hydrogens (tertiary/aromatic N) is 2. The summed E-state index contributed by atoms with van der Waals surface area (Å²) in [6.07, 6.45) is 0. The minimum Gasteiger partial charge on any atom is -0.383 e. The summed E-state index contributed by atoms with van der Waals surface area (Å²) in [7, 11) is 1.50. The SMILES string of the molecule is COCCn1c(=O)c2sccc2n(CC(=O)NCc2ccccc2Cl)c1=O.